The molecule has 2 aromatic rings. The molecule has 0 saturated heterocycles. The summed E-state index contributed by atoms with van der Waals surface area (Å²) in [4.78, 5) is 3.91. The predicted molar refractivity (Wildman–Crippen MR) is 67.2 cm³/mol. The number of alkyl halides is 1. The molecule has 0 fully saturated rings. The molecule has 0 aliphatic rings. The smallest absolute Gasteiger partial charge is 0.125 e. The number of hydrogen-bond acceptors (Lipinski definition) is 4. The van der Waals surface area contributed by atoms with Crippen molar-refractivity contribution >= 4 is 11.5 Å². The largest absolute Gasteiger partial charge is 0.398 e. The molecular weight excluding hydrogens is 233 g/mol. The molecule has 5 nitrogen and oxygen atoms in total. The number of hydrogen-bond donors (Lipinski definition) is 2. The average molecular weight is 245 g/mol. The molecule has 0 radical (unpaired) electrons. The molecule has 18 heavy (non-hydrogen) atoms. The van der Waals surface area contributed by atoms with Crippen molar-refractivity contribution in [3.63, 3.8) is 0 Å². The second-order valence-corrected chi connectivity index (χ2v) is 3.63. The van der Waals surface area contributed by atoms with Gasteiger partial charge in [-0.2, -0.15) is 5.10 Å². The van der Waals surface area contributed by atoms with Gasteiger partial charge in [0.1, 0.15) is 12.5 Å². The molecule has 2 heterocycles. The van der Waals surface area contributed by atoms with Crippen molar-refractivity contribution in [2.24, 2.45) is 0 Å². The SMILES string of the molecule is Nc1cc(N)c(C#Cc2cnn(CCF)c2)cn1. The maximum Gasteiger partial charge on any atom is 0.125 e. The van der Waals surface area contributed by atoms with Crippen molar-refractivity contribution in [3.8, 4) is 11.8 Å². The van der Waals surface area contributed by atoms with Gasteiger partial charge in [-0.15, -0.1) is 0 Å². The highest BCUT2D eigenvalue weighted by Gasteiger charge is 1.98. The fraction of sp³-hybridized carbons (Fsp3) is 0.167. The molecule has 0 aliphatic heterocycles. The molecule has 0 atom stereocenters. The Morgan fingerprint density at radius 1 is 1.28 bits per heavy atom. The number of nitrogen functional groups attached to an aromatic ring is 2. The van der Waals surface area contributed by atoms with Crippen LogP contribution >= 0.6 is 0 Å². The van der Waals surface area contributed by atoms with Crippen LogP contribution in [0.25, 0.3) is 0 Å². The summed E-state index contributed by atoms with van der Waals surface area (Å²) in [6.45, 7) is -0.226. The summed E-state index contributed by atoms with van der Waals surface area (Å²) in [5, 5.41) is 3.96. The number of rotatable bonds is 2. The van der Waals surface area contributed by atoms with Crippen LogP contribution in [0, 0.1) is 11.8 Å². The highest BCUT2D eigenvalue weighted by atomic mass is 19.1. The van der Waals surface area contributed by atoms with Crippen molar-refractivity contribution in [2.45, 2.75) is 6.54 Å². The highest BCUT2D eigenvalue weighted by Crippen LogP contribution is 2.11. The van der Waals surface area contributed by atoms with E-state index in [1.807, 2.05) is 0 Å². The Labute approximate surface area is 104 Å². The Bertz CT molecular complexity index is 608. The summed E-state index contributed by atoms with van der Waals surface area (Å²) in [5.74, 6) is 6.11. The van der Waals surface area contributed by atoms with Gasteiger partial charge in [0.15, 0.2) is 0 Å². The van der Waals surface area contributed by atoms with Crippen molar-refractivity contribution in [2.75, 3.05) is 18.1 Å². The molecule has 0 bridgehead atoms. The Balaban J connectivity index is 2.20. The van der Waals surface area contributed by atoms with Gasteiger partial charge in [-0.05, 0) is 0 Å². The first-order valence-electron chi connectivity index (χ1n) is 5.30. The molecule has 2 aromatic heterocycles. The number of nitrogens with two attached hydrogens (primary N) is 2. The third-order valence-electron chi connectivity index (χ3n) is 2.25. The molecule has 2 rings (SSSR count). The molecule has 0 spiro atoms. The van der Waals surface area contributed by atoms with E-state index in [1.165, 1.54) is 10.9 Å². The molecule has 6 heteroatoms. The summed E-state index contributed by atoms with van der Waals surface area (Å²) in [6, 6.07) is 1.55. The normalized spacial score (nSPS) is 9.83. The summed E-state index contributed by atoms with van der Waals surface area (Å²) in [6.07, 6.45) is 4.76. The van der Waals surface area contributed by atoms with E-state index < -0.39 is 6.67 Å². The monoisotopic (exact) mass is 245 g/mol. The van der Waals surface area contributed by atoms with Crippen LogP contribution in [0.4, 0.5) is 15.9 Å². The maximum absolute atomic E-state index is 12.1. The maximum atomic E-state index is 12.1. The van der Waals surface area contributed by atoms with Gasteiger partial charge in [0, 0.05) is 18.5 Å². The van der Waals surface area contributed by atoms with Crippen molar-refractivity contribution in [3.05, 3.63) is 35.8 Å². The first kappa shape index (κ1) is 11.9. The average Bonchev–Trinajstić information content (AvgIpc) is 2.76. The van der Waals surface area contributed by atoms with E-state index in [4.69, 9.17) is 11.5 Å². The zero-order chi connectivity index (χ0) is 13.0. The summed E-state index contributed by atoms with van der Waals surface area (Å²) in [7, 11) is 0. The summed E-state index contributed by atoms with van der Waals surface area (Å²) < 4.78 is 13.6. The topological polar surface area (TPSA) is 82.8 Å². The van der Waals surface area contributed by atoms with Crippen LogP contribution in [-0.4, -0.2) is 21.4 Å². The second kappa shape index (κ2) is 5.19. The number of aromatic nitrogens is 3. The third-order valence-corrected chi connectivity index (χ3v) is 2.25. The van der Waals surface area contributed by atoms with Gasteiger partial charge in [0.05, 0.1) is 29.6 Å². The molecule has 0 aromatic carbocycles. The number of pyridine rings is 1. The van der Waals surface area contributed by atoms with Gasteiger partial charge in [-0.25, -0.2) is 9.37 Å². The molecule has 92 valence electrons. The first-order chi connectivity index (χ1) is 8.69. The van der Waals surface area contributed by atoms with Crippen LogP contribution in [0.2, 0.25) is 0 Å². The van der Waals surface area contributed by atoms with Crippen LogP contribution in [0.3, 0.4) is 0 Å². The lowest BCUT2D eigenvalue weighted by atomic mass is 10.2. The van der Waals surface area contributed by atoms with E-state index in [-0.39, 0.29) is 6.54 Å². The summed E-state index contributed by atoms with van der Waals surface area (Å²) >= 11 is 0. The number of anilines is 2. The zero-order valence-electron chi connectivity index (χ0n) is 9.60. The fourth-order valence-corrected chi connectivity index (χ4v) is 1.37. The van der Waals surface area contributed by atoms with Gasteiger partial charge in [-0.3, -0.25) is 4.68 Å². The minimum Gasteiger partial charge on any atom is -0.398 e. The van der Waals surface area contributed by atoms with Crippen LogP contribution in [-0.2, 0) is 6.54 Å². The van der Waals surface area contributed by atoms with E-state index in [2.05, 4.69) is 21.9 Å². The van der Waals surface area contributed by atoms with Crippen LogP contribution in [0.1, 0.15) is 11.1 Å². The number of nitrogens with zero attached hydrogens (tertiary/aromatic N) is 3. The zero-order valence-corrected chi connectivity index (χ0v) is 9.60. The minimum absolute atomic E-state index is 0.229. The number of aryl methyl sites for hydroxylation is 1. The second-order valence-electron chi connectivity index (χ2n) is 3.63. The van der Waals surface area contributed by atoms with E-state index in [0.29, 0.717) is 22.6 Å². The molecular formula is C12H12FN5. The Hall–Kier alpha value is -2.55. The third kappa shape index (κ3) is 2.77. The standard InChI is InChI=1S/C12H12FN5/c13-3-4-18-8-9(6-17-18)1-2-10-7-16-12(15)5-11(10)14/h5-8H,3-4H2,(H4,14,15,16). The lowest BCUT2D eigenvalue weighted by molar-refractivity contribution is 0.427. The van der Waals surface area contributed by atoms with Gasteiger partial charge >= 0.3 is 0 Å². The van der Waals surface area contributed by atoms with Crippen LogP contribution in [0.5, 0.6) is 0 Å². The van der Waals surface area contributed by atoms with Crippen LogP contribution in [0.15, 0.2) is 24.7 Å². The lowest BCUT2D eigenvalue weighted by Gasteiger charge is -1.97. The van der Waals surface area contributed by atoms with Crippen molar-refractivity contribution in [1.82, 2.24) is 14.8 Å². The summed E-state index contributed by atoms with van der Waals surface area (Å²) in [5.41, 5.74) is 13.0. The first-order valence-corrected chi connectivity index (χ1v) is 5.30. The lowest BCUT2D eigenvalue weighted by Crippen LogP contribution is -1.98. The Kier molecular flexibility index (Phi) is 3.44. The fourth-order valence-electron chi connectivity index (χ4n) is 1.37. The molecule has 0 unspecified atom stereocenters. The van der Waals surface area contributed by atoms with Crippen LogP contribution < -0.4 is 11.5 Å². The molecule has 4 N–H and O–H groups in total. The Morgan fingerprint density at radius 2 is 2.11 bits per heavy atom. The molecule has 0 aliphatic carbocycles. The van der Waals surface area contributed by atoms with Gasteiger partial charge in [-0.1, -0.05) is 11.8 Å². The van der Waals surface area contributed by atoms with E-state index in [0.717, 1.165) is 0 Å². The van der Waals surface area contributed by atoms with Crippen molar-refractivity contribution in [1.29, 1.82) is 0 Å². The molecule has 0 saturated carbocycles. The predicted octanol–water partition coefficient (Wildman–Crippen LogP) is 0.812. The highest BCUT2D eigenvalue weighted by molar-refractivity contribution is 5.59. The van der Waals surface area contributed by atoms with E-state index in [1.54, 1.807) is 18.5 Å². The van der Waals surface area contributed by atoms with Crippen molar-refractivity contribution < 1.29 is 4.39 Å². The van der Waals surface area contributed by atoms with E-state index in [9.17, 15) is 4.39 Å². The van der Waals surface area contributed by atoms with Gasteiger partial charge < -0.3 is 11.5 Å². The van der Waals surface area contributed by atoms with Gasteiger partial charge in [0.2, 0.25) is 0 Å². The van der Waals surface area contributed by atoms with Gasteiger partial charge in [0.25, 0.3) is 0 Å². The Morgan fingerprint density at radius 3 is 2.83 bits per heavy atom. The number of halogens is 1. The van der Waals surface area contributed by atoms with E-state index >= 15 is 0 Å². The quantitative estimate of drug-likeness (QED) is 0.767. The minimum atomic E-state index is -0.455. The molecule has 0 amide bonds.